The summed E-state index contributed by atoms with van der Waals surface area (Å²) in [5.41, 5.74) is 1.15. The van der Waals surface area contributed by atoms with Crippen LogP contribution in [0.5, 0.6) is 0 Å². The van der Waals surface area contributed by atoms with E-state index < -0.39 is 0 Å². The quantitative estimate of drug-likeness (QED) is 0.859. The molecule has 0 bridgehead atoms. The summed E-state index contributed by atoms with van der Waals surface area (Å²) >= 11 is 0. The fourth-order valence-electron chi connectivity index (χ4n) is 2.99. The Hall–Kier alpha value is -2.63. The minimum atomic E-state index is 0.104. The van der Waals surface area contributed by atoms with Gasteiger partial charge in [0.05, 0.1) is 0 Å². The summed E-state index contributed by atoms with van der Waals surface area (Å²) in [4.78, 5) is 27.6. The zero-order chi connectivity index (χ0) is 17.6. The Morgan fingerprint density at radius 2 is 1.68 bits per heavy atom. The van der Waals surface area contributed by atoms with Gasteiger partial charge < -0.3 is 14.7 Å². The molecule has 0 spiro atoms. The van der Waals surface area contributed by atoms with Crippen LogP contribution in [0.15, 0.2) is 48.8 Å². The maximum atomic E-state index is 13.0. The molecule has 1 aromatic carbocycles. The molecule has 1 aromatic heterocycles. The Morgan fingerprint density at radius 1 is 1.04 bits per heavy atom. The second kappa shape index (κ2) is 7.96. The number of urea groups is 1. The molecule has 1 fully saturated rings. The molecule has 2 aromatic rings. The van der Waals surface area contributed by atoms with Gasteiger partial charge in [-0.2, -0.15) is 0 Å². The molecular formula is C19H25N5O. The van der Waals surface area contributed by atoms with Gasteiger partial charge in [-0.25, -0.2) is 14.8 Å². The van der Waals surface area contributed by atoms with Crippen LogP contribution in [0.1, 0.15) is 19.4 Å². The summed E-state index contributed by atoms with van der Waals surface area (Å²) in [6, 6.07) is 12.2. The second-order valence-electron chi connectivity index (χ2n) is 6.51. The summed E-state index contributed by atoms with van der Waals surface area (Å²) < 4.78 is 0. The van der Waals surface area contributed by atoms with Crippen LogP contribution in [-0.2, 0) is 6.54 Å². The Kier molecular flexibility index (Phi) is 5.48. The van der Waals surface area contributed by atoms with Gasteiger partial charge in [0.2, 0.25) is 5.95 Å². The topological polar surface area (TPSA) is 52.6 Å². The van der Waals surface area contributed by atoms with Crippen LogP contribution in [0, 0.1) is 0 Å². The van der Waals surface area contributed by atoms with E-state index in [2.05, 4.69) is 40.8 Å². The molecule has 0 N–H and O–H groups in total. The second-order valence-corrected chi connectivity index (χ2v) is 6.51. The number of carbonyl (C=O) groups is 1. The summed E-state index contributed by atoms with van der Waals surface area (Å²) in [5.74, 6) is 0.736. The van der Waals surface area contributed by atoms with Gasteiger partial charge in [-0.05, 0) is 25.5 Å². The molecule has 1 saturated heterocycles. The van der Waals surface area contributed by atoms with Gasteiger partial charge in [0.1, 0.15) is 0 Å². The minimum Gasteiger partial charge on any atom is -0.337 e. The molecule has 132 valence electrons. The van der Waals surface area contributed by atoms with E-state index in [-0.39, 0.29) is 12.1 Å². The maximum absolute atomic E-state index is 13.0. The highest BCUT2D eigenvalue weighted by atomic mass is 16.2. The lowest BCUT2D eigenvalue weighted by Gasteiger charge is -2.38. The van der Waals surface area contributed by atoms with E-state index in [0.29, 0.717) is 19.6 Å². The van der Waals surface area contributed by atoms with Crippen molar-refractivity contribution in [2.75, 3.05) is 31.1 Å². The first-order valence-corrected chi connectivity index (χ1v) is 8.76. The third-order valence-corrected chi connectivity index (χ3v) is 4.45. The fraction of sp³-hybridized carbons (Fsp3) is 0.421. The third kappa shape index (κ3) is 4.26. The molecule has 6 heteroatoms. The highest BCUT2D eigenvalue weighted by Crippen LogP contribution is 2.15. The molecule has 0 atom stereocenters. The molecule has 0 saturated carbocycles. The average Bonchev–Trinajstić information content (AvgIpc) is 2.67. The van der Waals surface area contributed by atoms with Gasteiger partial charge in [0.15, 0.2) is 0 Å². The smallest absolute Gasteiger partial charge is 0.320 e. The normalized spacial score (nSPS) is 14.7. The Labute approximate surface area is 149 Å². The van der Waals surface area contributed by atoms with Crippen molar-refractivity contribution in [1.29, 1.82) is 0 Å². The van der Waals surface area contributed by atoms with Crippen molar-refractivity contribution in [2.24, 2.45) is 0 Å². The zero-order valence-corrected chi connectivity index (χ0v) is 14.9. The molecule has 1 aliphatic rings. The SMILES string of the molecule is CC(C)N(Cc1ccccc1)C(=O)N1CCN(c2ncccn2)CC1. The number of hydrogen-bond donors (Lipinski definition) is 0. The highest BCUT2D eigenvalue weighted by Gasteiger charge is 2.27. The summed E-state index contributed by atoms with van der Waals surface area (Å²) in [6.07, 6.45) is 3.50. The lowest BCUT2D eigenvalue weighted by atomic mass is 10.2. The predicted molar refractivity (Wildman–Crippen MR) is 98.3 cm³/mol. The van der Waals surface area contributed by atoms with Crippen LogP contribution in [0.25, 0.3) is 0 Å². The number of benzene rings is 1. The van der Waals surface area contributed by atoms with Crippen molar-refractivity contribution in [3.8, 4) is 0 Å². The lowest BCUT2D eigenvalue weighted by molar-refractivity contribution is 0.134. The van der Waals surface area contributed by atoms with Crippen LogP contribution < -0.4 is 4.90 Å². The first-order valence-electron chi connectivity index (χ1n) is 8.76. The number of nitrogens with zero attached hydrogens (tertiary/aromatic N) is 5. The minimum absolute atomic E-state index is 0.104. The van der Waals surface area contributed by atoms with E-state index in [0.717, 1.165) is 24.6 Å². The number of anilines is 1. The first kappa shape index (κ1) is 17.2. The molecule has 3 rings (SSSR count). The van der Waals surface area contributed by atoms with E-state index in [4.69, 9.17) is 0 Å². The number of hydrogen-bond acceptors (Lipinski definition) is 4. The van der Waals surface area contributed by atoms with Gasteiger partial charge >= 0.3 is 6.03 Å². The van der Waals surface area contributed by atoms with Gasteiger partial charge in [-0.15, -0.1) is 0 Å². The molecule has 2 heterocycles. The number of amides is 2. The van der Waals surface area contributed by atoms with Gasteiger partial charge in [-0.3, -0.25) is 0 Å². The van der Waals surface area contributed by atoms with Crippen molar-refractivity contribution in [2.45, 2.75) is 26.4 Å². The summed E-state index contributed by atoms with van der Waals surface area (Å²) in [5, 5.41) is 0. The fourth-order valence-corrected chi connectivity index (χ4v) is 2.99. The largest absolute Gasteiger partial charge is 0.337 e. The molecule has 6 nitrogen and oxygen atoms in total. The molecule has 1 aliphatic heterocycles. The highest BCUT2D eigenvalue weighted by molar-refractivity contribution is 5.75. The Balaban J connectivity index is 1.62. The standard InChI is InChI=1S/C19H25N5O/c1-16(2)24(15-17-7-4-3-5-8-17)19(25)23-13-11-22(12-14-23)18-20-9-6-10-21-18/h3-10,16H,11-15H2,1-2H3. The summed E-state index contributed by atoms with van der Waals surface area (Å²) in [6.45, 7) is 7.66. The van der Waals surface area contributed by atoms with E-state index >= 15 is 0 Å². The maximum Gasteiger partial charge on any atom is 0.320 e. The average molecular weight is 339 g/mol. The molecule has 0 unspecified atom stereocenters. The van der Waals surface area contributed by atoms with Crippen molar-refractivity contribution in [3.63, 3.8) is 0 Å². The molecule has 0 radical (unpaired) electrons. The molecule has 2 amide bonds. The lowest BCUT2D eigenvalue weighted by Crippen LogP contribution is -2.54. The Morgan fingerprint density at radius 3 is 2.28 bits per heavy atom. The van der Waals surface area contributed by atoms with Crippen molar-refractivity contribution >= 4 is 12.0 Å². The first-order chi connectivity index (χ1) is 12.1. The van der Waals surface area contributed by atoms with Gasteiger partial charge in [0, 0.05) is 51.2 Å². The molecular weight excluding hydrogens is 314 g/mol. The number of piperazine rings is 1. The van der Waals surface area contributed by atoms with E-state index in [1.54, 1.807) is 12.4 Å². The molecule has 25 heavy (non-hydrogen) atoms. The van der Waals surface area contributed by atoms with Crippen LogP contribution in [0.4, 0.5) is 10.7 Å². The summed E-state index contributed by atoms with van der Waals surface area (Å²) in [7, 11) is 0. The molecule has 0 aliphatic carbocycles. The van der Waals surface area contributed by atoms with Crippen LogP contribution in [0.3, 0.4) is 0 Å². The van der Waals surface area contributed by atoms with E-state index in [1.807, 2.05) is 34.1 Å². The van der Waals surface area contributed by atoms with Crippen LogP contribution in [-0.4, -0.2) is 58.0 Å². The van der Waals surface area contributed by atoms with Crippen LogP contribution in [0.2, 0.25) is 0 Å². The van der Waals surface area contributed by atoms with E-state index in [1.165, 1.54) is 0 Å². The number of aromatic nitrogens is 2. The number of carbonyl (C=O) groups excluding carboxylic acids is 1. The zero-order valence-electron chi connectivity index (χ0n) is 14.9. The third-order valence-electron chi connectivity index (χ3n) is 4.45. The van der Waals surface area contributed by atoms with Crippen LogP contribution >= 0.6 is 0 Å². The van der Waals surface area contributed by atoms with Crippen molar-refractivity contribution < 1.29 is 4.79 Å². The predicted octanol–water partition coefficient (Wildman–Crippen LogP) is 2.63. The van der Waals surface area contributed by atoms with Crippen molar-refractivity contribution in [1.82, 2.24) is 19.8 Å². The van der Waals surface area contributed by atoms with Crippen molar-refractivity contribution in [3.05, 3.63) is 54.4 Å². The van der Waals surface area contributed by atoms with E-state index in [9.17, 15) is 4.79 Å². The monoisotopic (exact) mass is 339 g/mol. The van der Waals surface area contributed by atoms with Gasteiger partial charge in [-0.1, -0.05) is 30.3 Å². The Bertz CT molecular complexity index is 669. The number of rotatable bonds is 4. The van der Waals surface area contributed by atoms with Gasteiger partial charge in [0.25, 0.3) is 0 Å².